The molecule has 0 spiro atoms. The van der Waals surface area contributed by atoms with Crippen LogP contribution in [0.5, 0.6) is 5.88 Å². The van der Waals surface area contributed by atoms with Crippen LogP contribution >= 0.6 is 0 Å². The molecule has 1 heterocycles. The predicted octanol–water partition coefficient (Wildman–Crippen LogP) is 2.92. The van der Waals surface area contributed by atoms with Crippen LogP contribution in [0.25, 0.3) is 11.1 Å². The molecule has 3 aromatic rings. The van der Waals surface area contributed by atoms with Crippen molar-refractivity contribution >= 4 is 15.9 Å². The van der Waals surface area contributed by atoms with Crippen LogP contribution in [0.15, 0.2) is 54.7 Å². The highest BCUT2D eigenvalue weighted by Crippen LogP contribution is 2.42. The Hall–Kier alpha value is -3.24. The van der Waals surface area contributed by atoms with Crippen LogP contribution in [0.3, 0.4) is 0 Å². The van der Waals surface area contributed by atoms with Gasteiger partial charge in [0.1, 0.15) is 12.4 Å². The number of hydrogen-bond acceptors (Lipinski definition) is 5. The molecule has 1 fully saturated rings. The van der Waals surface area contributed by atoms with Crippen LogP contribution in [0.4, 0.5) is 4.39 Å². The average molecular weight is 501 g/mol. The average Bonchev–Trinajstić information content (AvgIpc) is 3.36. The molecule has 1 aliphatic carbocycles. The van der Waals surface area contributed by atoms with Gasteiger partial charge in [0, 0.05) is 24.8 Å². The minimum atomic E-state index is -3.41. The number of primary amides is 1. The molecule has 0 bridgehead atoms. The van der Waals surface area contributed by atoms with E-state index < -0.39 is 27.2 Å². The summed E-state index contributed by atoms with van der Waals surface area (Å²) in [5.41, 5.74) is 7.35. The van der Waals surface area contributed by atoms with E-state index in [0.717, 1.165) is 17.4 Å². The van der Waals surface area contributed by atoms with Gasteiger partial charge >= 0.3 is 0 Å². The molecule has 1 aromatic heterocycles. The van der Waals surface area contributed by atoms with Crippen molar-refractivity contribution in [2.24, 2.45) is 18.2 Å². The molecule has 2 aromatic carbocycles. The van der Waals surface area contributed by atoms with Gasteiger partial charge in [0.2, 0.25) is 21.8 Å². The third kappa shape index (κ3) is 5.88. The lowest BCUT2D eigenvalue weighted by molar-refractivity contribution is -0.127. The van der Waals surface area contributed by atoms with Gasteiger partial charge in [-0.2, -0.15) is 0 Å². The van der Waals surface area contributed by atoms with Crippen LogP contribution < -0.4 is 15.2 Å². The molecule has 1 saturated carbocycles. The zero-order chi connectivity index (χ0) is 25.2. The summed E-state index contributed by atoms with van der Waals surface area (Å²) < 4.78 is 48.3. The maximum absolute atomic E-state index is 15.0. The van der Waals surface area contributed by atoms with Crippen molar-refractivity contribution in [1.29, 1.82) is 0 Å². The number of rotatable bonds is 9. The summed E-state index contributed by atoms with van der Waals surface area (Å²) in [7, 11) is -1.68. The fourth-order valence-corrected chi connectivity index (χ4v) is 5.57. The van der Waals surface area contributed by atoms with Gasteiger partial charge < -0.3 is 10.5 Å². The van der Waals surface area contributed by atoms with Crippen molar-refractivity contribution in [2.45, 2.75) is 38.3 Å². The topological polar surface area (TPSA) is 116 Å². The third-order valence-electron chi connectivity index (χ3n) is 6.39. The monoisotopic (exact) mass is 500 g/mol. The summed E-state index contributed by atoms with van der Waals surface area (Å²) in [4.78, 5) is 12.5. The Bertz CT molecular complexity index is 1330. The van der Waals surface area contributed by atoms with E-state index in [1.807, 2.05) is 30.3 Å². The van der Waals surface area contributed by atoms with Crippen molar-refractivity contribution in [1.82, 2.24) is 14.5 Å². The maximum Gasteiger partial charge on any atom is 0.241 e. The summed E-state index contributed by atoms with van der Waals surface area (Å²) in [6.07, 6.45) is 4.30. The number of aromatic nitrogens is 2. The zero-order valence-corrected chi connectivity index (χ0v) is 20.5. The number of halogens is 1. The van der Waals surface area contributed by atoms with E-state index in [1.165, 1.54) is 6.07 Å². The summed E-state index contributed by atoms with van der Waals surface area (Å²) in [5.74, 6) is -0.632. The summed E-state index contributed by atoms with van der Waals surface area (Å²) >= 11 is 0. The number of aryl methyl sites for hydroxylation is 1. The molecule has 8 nitrogen and oxygen atoms in total. The first-order chi connectivity index (χ1) is 16.5. The van der Waals surface area contributed by atoms with E-state index in [9.17, 15) is 17.6 Å². The second-order valence-electron chi connectivity index (χ2n) is 9.26. The van der Waals surface area contributed by atoms with Gasteiger partial charge in [-0.3, -0.25) is 9.48 Å². The van der Waals surface area contributed by atoms with Gasteiger partial charge in [0.15, 0.2) is 0 Å². The van der Waals surface area contributed by atoms with Crippen molar-refractivity contribution in [3.63, 3.8) is 0 Å². The molecule has 10 heteroatoms. The minimum Gasteiger partial charge on any atom is -0.471 e. The summed E-state index contributed by atoms with van der Waals surface area (Å²) in [6.45, 7) is 0.283. The number of carbonyl (C=O) groups is 1. The highest BCUT2D eigenvalue weighted by Gasteiger charge is 2.44. The van der Waals surface area contributed by atoms with Crippen molar-refractivity contribution in [3.05, 3.63) is 71.7 Å². The highest BCUT2D eigenvalue weighted by atomic mass is 32.2. The molecular formula is C25H29FN4O4S. The highest BCUT2D eigenvalue weighted by molar-refractivity contribution is 7.88. The normalized spacial score (nSPS) is 20.1. The van der Waals surface area contributed by atoms with Crippen molar-refractivity contribution in [2.75, 3.05) is 6.26 Å². The van der Waals surface area contributed by atoms with E-state index in [-0.39, 0.29) is 19.1 Å². The lowest BCUT2D eigenvalue weighted by atomic mass is 9.78. The summed E-state index contributed by atoms with van der Waals surface area (Å²) in [5, 5.41) is 4.35. The fraction of sp³-hybridized carbons (Fsp3) is 0.360. The molecular weight excluding hydrogens is 471 g/mol. The number of carbonyl (C=O) groups excluding carboxylic acids is 1. The Morgan fingerprint density at radius 2 is 1.97 bits per heavy atom. The first-order valence-corrected chi connectivity index (χ1v) is 13.2. The van der Waals surface area contributed by atoms with Gasteiger partial charge in [0.05, 0.1) is 17.2 Å². The van der Waals surface area contributed by atoms with Crippen LogP contribution in [0.1, 0.15) is 30.4 Å². The zero-order valence-electron chi connectivity index (χ0n) is 19.7. The second kappa shape index (κ2) is 9.79. The maximum atomic E-state index is 15.0. The van der Waals surface area contributed by atoms with Crippen LogP contribution in [0.2, 0.25) is 0 Å². The smallest absolute Gasteiger partial charge is 0.241 e. The van der Waals surface area contributed by atoms with Crippen LogP contribution in [0, 0.1) is 11.2 Å². The predicted molar refractivity (Wildman–Crippen MR) is 130 cm³/mol. The van der Waals surface area contributed by atoms with Crippen LogP contribution in [-0.2, 0) is 34.9 Å². The largest absolute Gasteiger partial charge is 0.471 e. The van der Waals surface area contributed by atoms with Crippen LogP contribution in [-0.4, -0.2) is 36.4 Å². The van der Waals surface area contributed by atoms with E-state index >= 15 is 0 Å². The number of nitrogens with zero attached hydrogens (tertiary/aromatic N) is 2. The van der Waals surface area contributed by atoms with E-state index in [4.69, 9.17) is 10.5 Å². The molecule has 0 saturated heterocycles. The quantitative estimate of drug-likeness (QED) is 0.469. The first kappa shape index (κ1) is 24.9. The molecule has 0 aliphatic heterocycles. The molecule has 35 heavy (non-hydrogen) atoms. The number of ether oxygens (including phenoxy) is 1. The third-order valence-corrected chi connectivity index (χ3v) is 7.15. The second-order valence-corrected chi connectivity index (χ2v) is 11.0. The molecule has 186 valence electrons. The SMILES string of the molecule is Cn1cc(-c2cc(C[C@]3(C(N)=O)CC[C@H](NS(C)(=O)=O)C3)ccc2F)c(OCc2ccccc2)n1. The van der Waals surface area contributed by atoms with Crippen molar-refractivity contribution < 1.29 is 22.3 Å². The molecule has 4 rings (SSSR count). The Balaban J connectivity index is 1.59. The number of nitrogens with two attached hydrogens (primary N) is 1. The number of hydrogen-bond donors (Lipinski definition) is 2. The molecule has 1 amide bonds. The fourth-order valence-electron chi connectivity index (χ4n) is 4.77. The molecule has 0 radical (unpaired) electrons. The number of amides is 1. The molecule has 2 atom stereocenters. The standard InChI is InChI=1S/C25H29FN4O4S/c1-30-15-21(23(28-30)34-16-17-6-4-3-5-7-17)20-12-18(8-9-22(20)26)13-25(24(27)31)11-10-19(14-25)29-35(2,32)33/h3-9,12,15,19,29H,10-11,13-14,16H2,1-2H3,(H2,27,31)/t19-,25+/m0/s1. The Labute approximate surface area is 204 Å². The van der Waals surface area contributed by atoms with Gasteiger partial charge in [-0.25, -0.2) is 17.5 Å². The van der Waals surface area contributed by atoms with E-state index in [2.05, 4.69) is 9.82 Å². The lowest BCUT2D eigenvalue weighted by Crippen LogP contribution is -2.40. The molecule has 0 unspecified atom stereocenters. The minimum absolute atomic E-state index is 0.276. The lowest BCUT2D eigenvalue weighted by Gasteiger charge is -2.26. The molecule has 1 aliphatic rings. The van der Waals surface area contributed by atoms with Gasteiger partial charge in [0.25, 0.3) is 0 Å². The van der Waals surface area contributed by atoms with Gasteiger partial charge in [-0.05, 0) is 48.9 Å². The van der Waals surface area contributed by atoms with Gasteiger partial charge in [-0.1, -0.05) is 36.4 Å². The van der Waals surface area contributed by atoms with Gasteiger partial charge in [-0.15, -0.1) is 5.10 Å². The van der Waals surface area contributed by atoms with E-state index in [0.29, 0.717) is 36.3 Å². The Morgan fingerprint density at radius 1 is 1.23 bits per heavy atom. The van der Waals surface area contributed by atoms with Crippen molar-refractivity contribution in [3.8, 4) is 17.0 Å². The molecule has 3 N–H and O–H groups in total. The first-order valence-electron chi connectivity index (χ1n) is 11.3. The number of nitrogens with one attached hydrogen (secondary N) is 1. The van der Waals surface area contributed by atoms with E-state index in [1.54, 1.807) is 30.1 Å². The summed E-state index contributed by atoms with van der Waals surface area (Å²) in [6, 6.07) is 13.9. The number of benzene rings is 2. The number of sulfonamides is 1. The Kier molecular flexibility index (Phi) is 6.95. The Morgan fingerprint density at radius 3 is 2.66 bits per heavy atom.